The van der Waals surface area contributed by atoms with Gasteiger partial charge in [0.05, 0.1) is 17.7 Å². The summed E-state index contributed by atoms with van der Waals surface area (Å²) in [5, 5.41) is 9.23. The molecule has 0 heterocycles. The van der Waals surface area contributed by atoms with E-state index in [9.17, 15) is 17.9 Å². The van der Waals surface area contributed by atoms with Gasteiger partial charge in [-0.05, 0) is 30.2 Å². The quantitative estimate of drug-likeness (QED) is 0.877. The monoisotopic (exact) mass is 343 g/mol. The topological polar surface area (TPSA) is 66.4 Å². The van der Waals surface area contributed by atoms with E-state index in [1.165, 1.54) is 13.0 Å². The van der Waals surface area contributed by atoms with Crippen molar-refractivity contribution in [2.24, 2.45) is 0 Å². The number of hydrogen-bond acceptors (Lipinski definition) is 3. The number of nitrogens with one attached hydrogen (secondary N) is 1. The lowest BCUT2D eigenvalue weighted by Gasteiger charge is -2.17. The highest BCUT2D eigenvalue weighted by Crippen LogP contribution is 2.26. The van der Waals surface area contributed by atoms with Gasteiger partial charge in [-0.15, -0.1) is 0 Å². The molecule has 0 fully saturated rings. The van der Waals surface area contributed by atoms with E-state index in [4.69, 9.17) is 11.6 Å². The van der Waals surface area contributed by atoms with Gasteiger partial charge in [-0.25, -0.2) is 17.5 Å². The fraction of sp³-hybridized carbons (Fsp3) is 0.200. The molecule has 0 aliphatic rings. The Balaban J connectivity index is 2.37. The number of aliphatic hydroxyl groups is 1. The van der Waals surface area contributed by atoms with Crippen LogP contribution in [0.25, 0.3) is 0 Å². The van der Waals surface area contributed by atoms with E-state index in [0.717, 1.165) is 6.07 Å². The highest BCUT2D eigenvalue weighted by molar-refractivity contribution is 7.89. The van der Waals surface area contributed by atoms with Gasteiger partial charge in [0.25, 0.3) is 0 Å². The van der Waals surface area contributed by atoms with Crippen LogP contribution in [0.1, 0.15) is 17.2 Å². The fourth-order valence-electron chi connectivity index (χ4n) is 1.98. The normalized spacial score (nSPS) is 13.1. The molecule has 1 atom stereocenters. The first-order valence-corrected chi connectivity index (χ1v) is 8.35. The maximum atomic E-state index is 13.4. The van der Waals surface area contributed by atoms with Crippen LogP contribution in [0.2, 0.25) is 5.02 Å². The van der Waals surface area contributed by atoms with Crippen LogP contribution in [-0.2, 0) is 10.0 Å². The van der Waals surface area contributed by atoms with Gasteiger partial charge in [0.2, 0.25) is 10.0 Å². The Hall–Kier alpha value is -1.47. The van der Waals surface area contributed by atoms with Crippen molar-refractivity contribution in [2.75, 3.05) is 6.61 Å². The Bertz CT molecular complexity index is 766. The van der Waals surface area contributed by atoms with Crippen molar-refractivity contribution in [1.29, 1.82) is 0 Å². The van der Waals surface area contributed by atoms with Gasteiger partial charge < -0.3 is 5.11 Å². The van der Waals surface area contributed by atoms with Crippen molar-refractivity contribution in [3.8, 4) is 0 Å². The van der Waals surface area contributed by atoms with Crippen molar-refractivity contribution in [2.45, 2.75) is 17.9 Å². The summed E-state index contributed by atoms with van der Waals surface area (Å²) < 4.78 is 40.6. The molecule has 0 bridgehead atoms. The smallest absolute Gasteiger partial charge is 0.242 e. The minimum atomic E-state index is -4.00. The number of sulfonamides is 1. The molecule has 7 heteroatoms. The van der Waals surface area contributed by atoms with E-state index in [0.29, 0.717) is 5.56 Å². The summed E-state index contributed by atoms with van der Waals surface area (Å²) in [5.74, 6) is -0.578. The van der Waals surface area contributed by atoms with Gasteiger partial charge in [-0.2, -0.15) is 0 Å². The molecule has 0 saturated carbocycles. The van der Waals surface area contributed by atoms with Crippen LogP contribution in [-0.4, -0.2) is 20.1 Å². The second kappa shape index (κ2) is 6.75. The lowest BCUT2D eigenvalue weighted by atomic mass is 10.1. The molecule has 0 amide bonds. The molecular formula is C15H15ClFNO3S. The van der Waals surface area contributed by atoms with E-state index >= 15 is 0 Å². The summed E-state index contributed by atoms with van der Waals surface area (Å²) in [6.07, 6.45) is 0. The summed E-state index contributed by atoms with van der Waals surface area (Å²) in [6.45, 7) is 1.03. The minimum Gasteiger partial charge on any atom is -0.394 e. The molecule has 2 aromatic rings. The molecule has 0 radical (unpaired) electrons. The molecule has 2 aromatic carbocycles. The molecular weight excluding hydrogens is 329 g/mol. The van der Waals surface area contributed by atoms with Gasteiger partial charge >= 0.3 is 0 Å². The van der Waals surface area contributed by atoms with Crippen molar-refractivity contribution >= 4 is 21.6 Å². The SMILES string of the molecule is Cc1cc(S(=O)(=O)NC(CO)c2ccccc2)c(Cl)cc1F. The van der Waals surface area contributed by atoms with E-state index in [2.05, 4.69) is 4.72 Å². The van der Waals surface area contributed by atoms with E-state index in [-0.39, 0.29) is 15.5 Å². The van der Waals surface area contributed by atoms with Crippen LogP contribution in [0.4, 0.5) is 4.39 Å². The molecule has 2 N–H and O–H groups in total. The van der Waals surface area contributed by atoms with Crippen molar-refractivity contribution < 1.29 is 17.9 Å². The molecule has 0 aliphatic heterocycles. The van der Waals surface area contributed by atoms with Crippen molar-refractivity contribution in [3.63, 3.8) is 0 Å². The van der Waals surface area contributed by atoms with Gasteiger partial charge in [0.1, 0.15) is 10.7 Å². The van der Waals surface area contributed by atoms with Crippen LogP contribution in [0, 0.1) is 12.7 Å². The number of halogens is 2. The second-order valence-electron chi connectivity index (χ2n) is 4.80. The molecule has 2 rings (SSSR count). The van der Waals surface area contributed by atoms with Crippen LogP contribution >= 0.6 is 11.6 Å². The molecule has 4 nitrogen and oxygen atoms in total. The number of hydrogen-bond donors (Lipinski definition) is 2. The summed E-state index contributed by atoms with van der Waals surface area (Å²) in [6, 6.07) is 9.96. The first-order valence-electron chi connectivity index (χ1n) is 6.49. The van der Waals surface area contributed by atoms with Crippen LogP contribution < -0.4 is 4.72 Å². The Kier molecular flexibility index (Phi) is 5.18. The molecule has 0 saturated heterocycles. The van der Waals surface area contributed by atoms with E-state index in [1.807, 2.05) is 0 Å². The summed E-state index contributed by atoms with van der Waals surface area (Å²) in [5.41, 5.74) is 0.786. The predicted octanol–water partition coefficient (Wildman–Crippen LogP) is 2.80. The molecule has 0 aliphatic carbocycles. The summed E-state index contributed by atoms with van der Waals surface area (Å²) in [7, 11) is -4.00. The highest BCUT2D eigenvalue weighted by atomic mass is 35.5. The van der Waals surface area contributed by atoms with Crippen LogP contribution in [0.15, 0.2) is 47.4 Å². The fourth-order valence-corrected chi connectivity index (χ4v) is 3.80. The molecule has 0 aromatic heterocycles. The highest BCUT2D eigenvalue weighted by Gasteiger charge is 2.24. The standard InChI is InChI=1S/C15H15ClFNO3S/c1-10-7-15(12(16)8-13(10)17)22(20,21)18-14(9-19)11-5-3-2-4-6-11/h2-8,14,18-19H,9H2,1H3. The number of aliphatic hydroxyl groups excluding tert-OH is 1. The summed E-state index contributed by atoms with van der Waals surface area (Å²) in [4.78, 5) is -0.220. The van der Waals surface area contributed by atoms with Gasteiger partial charge in [-0.1, -0.05) is 41.9 Å². The van der Waals surface area contributed by atoms with Crippen molar-refractivity contribution in [3.05, 3.63) is 64.4 Å². The zero-order chi connectivity index (χ0) is 16.3. The minimum absolute atomic E-state index is 0.171. The molecule has 1 unspecified atom stereocenters. The average Bonchev–Trinajstić information content (AvgIpc) is 2.49. The summed E-state index contributed by atoms with van der Waals surface area (Å²) >= 11 is 5.84. The molecule has 0 spiro atoms. The number of rotatable bonds is 5. The molecule has 22 heavy (non-hydrogen) atoms. The third kappa shape index (κ3) is 3.64. The van der Waals surface area contributed by atoms with Crippen molar-refractivity contribution in [1.82, 2.24) is 4.72 Å². The van der Waals surface area contributed by atoms with Crippen LogP contribution in [0.5, 0.6) is 0 Å². The van der Waals surface area contributed by atoms with E-state index in [1.54, 1.807) is 30.3 Å². The Labute approximate surface area is 133 Å². The van der Waals surface area contributed by atoms with Crippen LogP contribution in [0.3, 0.4) is 0 Å². The largest absolute Gasteiger partial charge is 0.394 e. The third-order valence-corrected chi connectivity index (χ3v) is 5.12. The van der Waals surface area contributed by atoms with Gasteiger partial charge in [0.15, 0.2) is 0 Å². The average molecular weight is 344 g/mol. The maximum absolute atomic E-state index is 13.4. The first-order chi connectivity index (χ1) is 10.3. The first kappa shape index (κ1) is 16.9. The third-order valence-electron chi connectivity index (χ3n) is 3.18. The Morgan fingerprint density at radius 2 is 1.91 bits per heavy atom. The lowest BCUT2D eigenvalue weighted by Crippen LogP contribution is -2.31. The Morgan fingerprint density at radius 1 is 1.27 bits per heavy atom. The zero-order valence-electron chi connectivity index (χ0n) is 11.8. The number of aryl methyl sites for hydroxylation is 1. The predicted molar refractivity (Wildman–Crippen MR) is 82.7 cm³/mol. The molecule has 118 valence electrons. The van der Waals surface area contributed by atoms with Gasteiger partial charge in [-0.3, -0.25) is 0 Å². The van der Waals surface area contributed by atoms with E-state index < -0.39 is 28.5 Å². The number of benzene rings is 2. The van der Waals surface area contributed by atoms with Gasteiger partial charge in [0, 0.05) is 0 Å². The lowest BCUT2D eigenvalue weighted by molar-refractivity contribution is 0.259. The Morgan fingerprint density at radius 3 is 2.50 bits per heavy atom. The zero-order valence-corrected chi connectivity index (χ0v) is 13.3. The maximum Gasteiger partial charge on any atom is 0.242 e. The second-order valence-corrected chi connectivity index (χ2v) is 6.89.